The second kappa shape index (κ2) is 4.23. The van der Waals surface area contributed by atoms with Crippen LogP contribution in [0, 0.1) is 5.92 Å². The summed E-state index contributed by atoms with van der Waals surface area (Å²) in [5.41, 5.74) is 0. The number of amides is 1. The highest BCUT2D eigenvalue weighted by Crippen LogP contribution is 2.32. The number of hydrogen-bond acceptors (Lipinski definition) is 3. The van der Waals surface area contributed by atoms with E-state index in [-0.39, 0.29) is 5.91 Å². The van der Waals surface area contributed by atoms with Gasteiger partial charge in [-0.3, -0.25) is 4.79 Å². The first kappa shape index (κ1) is 9.98. The molecule has 0 bridgehead atoms. The average molecular weight is 187 g/mol. The molecule has 1 aliphatic carbocycles. The molecule has 1 atom stereocenters. The number of carbonyl (C=O) groups is 2. The number of rotatable bonds is 5. The minimum atomic E-state index is -1.20. The minimum absolute atomic E-state index is 0.288. The highest BCUT2D eigenvalue weighted by atomic mass is 16.4. The van der Waals surface area contributed by atoms with Gasteiger partial charge in [0.05, 0.1) is 6.61 Å². The van der Waals surface area contributed by atoms with E-state index in [1.165, 1.54) is 0 Å². The van der Waals surface area contributed by atoms with Crippen molar-refractivity contribution in [3.05, 3.63) is 0 Å². The standard InChI is InChI=1S/C8H13NO4/c10-4-6(8(12)13)9-7(11)3-5-1-2-5/h5-6,10H,1-4H2,(H,9,11)(H,12,13)/t6-/m1/s1. The third-order valence-corrected chi connectivity index (χ3v) is 1.99. The van der Waals surface area contributed by atoms with Crippen LogP contribution in [0.15, 0.2) is 0 Å². The third kappa shape index (κ3) is 3.42. The highest BCUT2D eigenvalue weighted by molar-refractivity contribution is 5.83. The van der Waals surface area contributed by atoms with E-state index in [1.807, 2.05) is 0 Å². The van der Waals surface area contributed by atoms with Gasteiger partial charge in [0.2, 0.25) is 5.91 Å². The Hall–Kier alpha value is -1.10. The fourth-order valence-corrected chi connectivity index (χ4v) is 1.02. The average Bonchev–Trinajstić information content (AvgIpc) is 2.83. The maximum Gasteiger partial charge on any atom is 0.328 e. The van der Waals surface area contributed by atoms with Crippen molar-refractivity contribution in [1.82, 2.24) is 5.32 Å². The van der Waals surface area contributed by atoms with Gasteiger partial charge < -0.3 is 15.5 Å². The Kier molecular flexibility index (Phi) is 3.25. The van der Waals surface area contributed by atoms with Gasteiger partial charge in [-0.25, -0.2) is 4.79 Å². The fourth-order valence-electron chi connectivity index (χ4n) is 1.02. The van der Waals surface area contributed by atoms with Gasteiger partial charge in [0, 0.05) is 6.42 Å². The van der Waals surface area contributed by atoms with E-state index < -0.39 is 18.6 Å². The Balaban J connectivity index is 2.26. The molecule has 3 N–H and O–H groups in total. The maximum absolute atomic E-state index is 11.1. The summed E-state index contributed by atoms with van der Waals surface area (Å²) >= 11 is 0. The van der Waals surface area contributed by atoms with Crippen molar-refractivity contribution < 1.29 is 19.8 Å². The van der Waals surface area contributed by atoms with Crippen molar-refractivity contribution in [1.29, 1.82) is 0 Å². The summed E-state index contributed by atoms with van der Waals surface area (Å²) in [5.74, 6) is -1.07. The number of carboxylic acid groups (broad SMARTS) is 1. The van der Waals surface area contributed by atoms with Gasteiger partial charge in [-0.05, 0) is 18.8 Å². The molecule has 0 aromatic rings. The molecule has 0 aromatic heterocycles. The van der Waals surface area contributed by atoms with Crippen molar-refractivity contribution in [2.45, 2.75) is 25.3 Å². The summed E-state index contributed by atoms with van der Waals surface area (Å²) in [6.45, 7) is -0.564. The van der Waals surface area contributed by atoms with Gasteiger partial charge in [-0.15, -0.1) is 0 Å². The summed E-state index contributed by atoms with van der Waals surface area (Å²) in [5, 5.41) is 19.3. The zero-order chi connectivity index (χ0) is 9.84. The Morgan fingerprint density at radius 3 is 2.46 bits per heavy atom. The summed E-state index contributed by atoms with van der Waals surface area (Å²) in [4.78, 5) is 21.5. The predicted octanol–water partition coefficient (Wildman–Crippen LogP) is -0.652. The molecule has 0 spiro atoms. The van der Waals surface area contributed by atoms with Gasteiger partial charge in [0.15, 0.2) is 0 Å². The van der Waals surface area contributed by atoms with Crippen LogP contribution in [0.3, 0.4) is 0 Å². The number of hydrogen-bond donors (Lipinski definition) is 3. The van der Waals surface area contributed by atoms with E-state index in [4.69, 9.17) is 10.2 Å². The molecule has 1 fully saturated rings. The first-order chi connectivity index (χ1) is 6.13. The van der Waals surface area contributed by atoms with Gasteiger partial charge in [-0.2, -0.15) is 0 Å². The molecule has 74 valence electrons. The minimum Gasteiger partial charge on any atom is -0.480 e. The number of aliphatic hydroxyl groups excluding tert-OH is 1. The van der Waals surface area contributed by atoms with Crippen LogP contribution in [0.1, 0.15) is 19.3 Å². The molecule has 1 saturated carbocycles. The Morgan fingerprint density at radius 1 is 1.46 bits per heavy atom. The zero-order valence-corrected chi connectivity index (χ0v) is 7.19. The topological polar surface area (TPSA) is 86.6 Å². The SMILES string of the molecule is O=C(CC1CC1)N[C@H](CO)C(=O)O. The van der Waals surface area contributed by atoms with Crippen LogP contribution < -0.4 is 5.32 Å². The van der Waals surface area contributed by atoms with E-state index in [1.54, 1.807) is 0 Å². The van der Waals surface area contributed by atoms with E-state index >= 15 is 0 Å². The van der Waals surface area contributed by atoms with Crippen LogP contribution in [0.4, 0.5) is 0 Å². The van der Waals surface area contributed by atoms with Crippen LogP contribution in [0.25, 0.3) is 0 Å². The fraction of sp³-hybridized carbons (Fsp3) is 0.750. The lowest BCUT2D eigenvalue weighted by atomic mass is 10.2. The lowest BCUT2D eigenvalue weighted by Gasteiger charge is -2.10. The Morgan fingerprint density at radius 2 is 2.08 bits per heavy atom. The van der Waals surface area contributed by atoms with Crippen molar-refractivity contribution in [3.8, 4) is 0 Å². The molecule has 1 aliphatic rings. The smallest absolute Gasteiger partial charge is 0.328 e. The molecule has 1 amide bonds. The van der Waals surface area contributed by atoms with Gasteiger partial charge in [0.25, 0.3) is 0 Å². The van der Waals surface area contributed by atoms with E-state index in [9.17, 15) is 9.59 Å². The number of nitrogens with one attached hydrogen (secondary N) is 1. The van der Waals surface area contributed by atoms with Crippen LogP contribution >= 0.6 is 0 Å². The highest BCUT2D eigenvalue weighted by Gasteiger charge is 2.26. The molecule has 5 nitrogen and oxygen atoms in total. The summed E-state index contributed by atoms with van der Waals surface area (Å²) in [6, 6.07) is -1.16. The molecular formula is C8H13NO4. The number of aliphatic hydroxyl groups is 1. The van der Waals surface area contributed by atoms with Crippen molar-refractivity contribution in [3.63, 3.8) is 0 Å². The second-order valence-electron chi connectivity index (χ2n) is 3.29. The molecule has 0 aliphatic heterocycles. The van der Waals surface area contributed by atoms with Crippen molar-refractivity contribution in [2.75, 3.05) is 6.61 Å². The lowest BCUT2D eigenvalue weighted by molar-refractivity contribution is -0.143. The van der Waals surface area contributed by atoms with Crippen LogP contribution in [0.2, 0.25) is 0 Å². The van der Waals surface area contributed by atoms with Crippen LogP contribution in [-0.2, 0) is 9.59 Å². The van der Waals surface area contributed by atoms with E-state index in [0.29, 0.717) is 12.3 Å². The van der Waals surface area contributed by atoms with Crippen LogP contribution in [-0.4, -0.2) is 34.7 Å². The second-order valence-corrected chi connectivity index (χ2v) is 3.29. The first-order valence-corrected chi connectivity index (χ1v) is 4.26. The van der Waals surface area contributed by atoms with Gasteiger partial charge >= 0.3 is 5.97 Å². The van der Waals surface area contributed by atoms with Crippen molar-refractivity contribution in [2.24, 2.45) is 5.92 Å². The molecule has 0 unspecified atom stereocenters. The molecular weight excluding hydrogens is 174 g/mol. The van der Waals surface area contributed by atoms with Crippen LogP contribution in [0.5, 0.6) is 0 Å². The molecule has 0 saturated heterocycles. The van der Waals surface area contributed by atoms with E-state index in [2.05, 4.69) is 5.32 Å². The Bertz CT molecular complexity index is 212. The molecule has 5 heteroatoms. The lowest BCUT2D eigenvalue weighted by Crippen LogP contribution is -2.43. The third-order valence-electron chi connectivity index (χ3n) is 1.99. The summed E-state index contributed by atoms with van der Waals surface area (Å²) < 4.78 is 0. The number of aliphatic carboxylic acids is 1. The summed E-state index contributed by atoms with van der Waals surface area (Å²) in [7, 11) is 0. The molecule has 0 radical (unpaired) electrons. The predicted molar refractivity (Wildman–Crippen MR) is 44.0 cm³/mol. The van der Waals surface area contributed by atoms with Gasteiger partial charge in [0.1, 0.15) is 6.04 Å². The Labute approximate surface area is 75.7 Å². The van der Waals surface area contributed by atoms with E-state index in [0.717, 1.165) is 12.8 Å². The number of carbonyl (C=O) groups excluding carboxylic acids is 1. The van der Waals surface area contributed by atoms with Gasteiger partial charge in [-0.1, -0.05) is 0 Å². The van der Waals surface area contributed by atoms with Crippen molar-refractivity contribution >= 4 is 11.9 Å². The monoisotopic (exact) mass is 187 g/mol. The summed E-state index contributed by atoms with van der Waals surface area (Å²) in [6.07, 6.45) is 2.47. The molecule has 0 aromatic carbocycles. The number of carboxylic acids is 1. The quantitative estimate of drug-likeness (QED) is 0.533. The zero-order valence-electron chi connectivity index (χ0n) is 7.19. The first-order valence-electron chi connectivity index (χ1n) is 4.26. The molecule has 13 heavy (non-hydrogen) atoms. The normalized spacial score (nSPS) is 17.9. The maximum atomic E-state index is 11.1. The molecule has 1 rings (SSSR count). The largest absolute Gasteiger partial charge is 0.480 e. The molecule has 0 heterocycles.